The highest BCUT2D eigenvalue weighted by molar-refractivity contribution is 5.85. The summed E-state index contributed by atoms with van der Waals surface area (Å²) in [6.07, 6.45) is 0. The molecule has 0 unspecified atom stereocenters. The van der Waals surface area contributed by atoms with Gasteiger partial charge in [-0.2, -0.15) is 0 Å². The third kappa shape index (κ3) is 9.64. The number of ether oxygens (including phenoxy) is 1. The fourth-order valence-corrected chi connectivity index (χ4v) is 1.67. The summed E-state index contributed by atoms with van der Waals surface area (Å²) in [6.45, 7) is 13.1. The van der Waals surface area contributed by atoms with Crippen molar-refractivity contribution in [3.05, 3.63) is 29.8 Å². The van der Waals surface area contributed by atoms with Crippen LogP contribution in [0.4, 0.5) is 0 Å². The molecule has 0 saturated carbocycles. The maximum absolute atomic E-state index is 11.7. The molecule has 0 aromatic heterocycles. The van der Waals surface area contributed by atoms with Crippen LogP contribution in [0, 0.1) is 0 Å². The van der Waals surface area contributed by atoms with Gasteiger partial charge in [0.25, 0.3) is 5.91 Å². The summed E-state index contributed by atoms with van der Waals surface area (Å²) >= 11 is 0. The molecule has 0 bridgehead atoms. The predicted octanol–water partition coefficient (Wildman–Crippen LogP) is 3.29. The van der Waals surface area contributed by atoms with E-state index in [1.807, 2.05) is 45.0 Å². The van der Waals surface area contributed by atoms with Gasteiger partial charge in [-0.3, -0.25) is 4.79 Å². The summed E-state index contributed by atoms with van der Waals surface area (Å²) in [5.74, 6) is 0.597. The molecular weight excluding hydrogens is 300 g/mol. The molecular formula is C17H29ClN2O2. The van der Waals surface area contributed by atoms with Crippen molar-refractivity contribution in [1.29, 1.82) is 0 Å². The van der Waals surface area contributed by atoms with E-state index < -0.39 is 0 Å². The van der Waals surface area contributed by atoms with E-state index in [0.29, 0.717) is 5.75 Å². The van der Waals surface area contributed by atoms with Gasteiger partial charge in [0.1, 0.15) is 5.75 Å². The van der Waals surface area contributed by atoms with Crippen LogP contribution < -0.4 is 15.4 Å². The topological polar surface area (TPSA) is 50.4 Å². The van der Waals surface area contributed by atoms with Crippen LogP contribution in [-0.2, 0) is 11.3 Å². The van der Waals surface area contributed by atoms with E-state index in [2.05, 4.69) is 31.4 Å². The maximum Gasteiger partial charge on any atom is 0.258 e. The summed E-state index contributed by atoms with van der Waals surface area (Å²) in [7, 11) is 0. The fourth-order valence-electron chi connectivity index (χ4n) is 1.67. The largest absolute Gasteiger partial charge is 0.484 e. The van der Waals surface area contributed by atoms with Gasteiger partial charge < -0.3 is 15.4 Å². The number of halogens is 1. The second-order valence-electron chi connectivity index (χ2n) is 7.33. The second-order valence-corrected chi connectivity index (χ2v) is 7.33. The lowest BCUT2D eigenvalue weighted by atomic mass is 10.1. The first-order valence-corrected chi connectivity index (χ1v) is 7.33. The smallest absolute Gasteiger partial charge is 0.258 e. The van der Waals surface area contributed by atoms with Gasteiger partial charge in [-0.25, -0.2) is 0 Å². The van der Waals surface area contributed by atoms with Crippen molar-refractivity contribution in [2.24, 2.45) is 0 Å². The Balaban J connectivity index is 0.00000441. The molecule has 1 aromatic rings. The van der Waals surface area contributed by atoms with Crippen molar-refractivity contribution in [2.75, 3.05) is 6.61 Å². The molecule has 0 fully saturated rings. The molecule has 2 N–H and O–H groups in total. The molecule has 22 heavy (non-hydrogen) atoms. The van der Waals surface area contributed by atoms with Crippen LogP contribution >= 0.6 is 12.4 Å². The minimum Gasteiger partial charge on any atom is -0.484 e. The second kappa shape index (κ2) is 8.39. The first-order chi connectivity index (χ1) is 9.55. The minimum absolute atomic E-state index is 0. The Morgan fingerprint density at radius 3 is 2.00 bits per heavy atom. The van der Waals surface area contributed by atoms with Gasteiger partial charge in [0.15, 0.2) is 6.61 Å². The van der Waals surface area contributed by atoms with Crippen LogP contribution in [0.15, 0.2) is 24.3 Å². The number of carbonyl (C=O) groups excluding carboxylic acids is 1. The van der Waals surface area contributed by atoms with Crippen molar-refractivity contribution in [3.63, 3.8) is 0 Å². The highest BCUT2D eigenvalue weighted by Gasteiger charge is 2.14. The van der Waals surface area contributed by atoms with Crippen LogP contribution in [0.1, 0.15) is 47.1 Å². The molecule has 0 saturated heterocycles. The number of benzene rings is 1. The standard InChI is InChI=1S/C17H28N2O2.ClH/c1-16(2,3)18-11-13-7-9-14(10-8-13)21-12-15(20)19-17(4,5)6;/h7-10,18H,11-12H2,1-6H3,(H,19,20);1H. The highest BCUT2D eigenvalue weighted by Crippen LogP contribution is 2.13. The van der Waals surface area contributed by atoms with E-state index in [-0.39, 0.29) is 36.0 Å². The number of hydrogen-bond donors (Lipinski definition) is 2. The number of nitrogens with one attached hydrogen (secondary N) is 2. The van der Waals surface area contributed by atoms with Crippen molar-refractivity contribution < 1.29 is 9.53 Å². The predicted molar refractivity (Wildman–Crippen MR) is 93.7 cm³/mol. The van der Waals surface area contributed by atoms with E-state index in [0.717, 1.165) is 6.54 Å². The molecule has 1 rings (SSSR count). The van der Waals surface area contributed by atoms with Crippen LogP contribution in [0.5, 0.6) is 5.75 Å². The SMILES string of the molecule is CC(C)(C)NCc1ccc(OCC(=O)NC(C)(C)C)cc1.Cl. The maximum atomic E-state index is 11.7. The third-order valence-electron chi connectivity index (χ3n) is 2.63. The summed E-state index contributed by atoms with van der Waals surface area (Å²) in [5, 5.41) is 6.29. The Hall–Kier alpha value is -1.26. The molecule has 0 spiro atoms. The zero-order chi connectivity index (χ0) is 16.1. The zero-order valence-electron chi connectivity index (χ0n) is 14.4. The average Bonchev–Trinajstić information content (AvgIpc) is 2.32. The summed E-state index contributed by atoms with van der Waals surface area (Å²) in [5.41, 5.74) is 1.06. The lowest BCUT2D eigenvalue weighted by Crippen LogP contribution is -2.43. The fraction of sp³-hybridized carbons (Fsp3) is 0.588. The molecule has 0 aliphatic carbocycles. The monoisotopic (exact) mass is 328 g/mol. The van der Waals surface area contributed by atoms with Gasteiger partial charge in [-0.05, 0) is 59.2 Å². The van der Waals surface area contributed by atoms with E-state index >= 15 is 0 Å². The Bertz CT molecular complexity index is 459. The molecule has 0 heterocycles. The Kier molecular flexibility index (Phi) is 7.91. The average molecular weight is 329 g/mol. The number of carbonyl (C=O) groups is 1. The minimum atomic E-state index is -0.233. The third-order valence-corrected chi connectivity index (χ3v) is 2.63. The van der Waals surface area contributed by atoms with E-state index in [9.17, 15) is 4.79 Å². The van der Waals surface area contributed by atoms with Gasteiger partial charge in [0, 0.05) is 17.6 Å². The van der Waals surface area contributed by atoms with Crippen molar-refractivity contribution in [1.82, 2.24) is 10.6 Å². The van der Waals surface area contributed by atoms with Gasteiger partial charge in [0.05, 0.1) is 0 Å². The van der Waals surface area contributed by atoms with Crippen LogP contribution in [0.2, 0.25) is 0 Å². The summed E-state index contributed by atoms with van der Waals surface area (Å²) in [6, 6.07) is 7.81. The molecule has 1 aromatic carbocycles. The van der Waals surface area contributed by atoms with Crippen molar-refractivity contribution >= 4 is 18.3 Å². The van der Waals surface area contributed by atoms with Crippen LogP contribution in [-0.4, -0.2) is 23.6 Å². The van der Waals surface area contributed by atoms with Crippen molar-refractivity contribution in [3.8, 4) is 5.75 Å². The molecule has 126 valence electrons. The molecule has 5 heteroatoms. The van der Waals surface area contributed by atoms with E-state index in [1.165, 1.54) is 5.56 Å². The van der Waals surface area contributed by atoms with Gasteiger partial charge in [0.2, 0.25) is 0 Å². The summed E-state index contributed by atoms with van der Waals surface area (Å²) in [4.78, 5) is 11.7. The van der Waals surface area contributed by atoms with Gasteiger partial charge in [-0.15, -0.1) is 12.4 Å². The summed E-state index contributed by atoms with van der Waals surface area (Å²) < 4.78 is 5.48. The number of rotatable bonds is 5. The lowest BCUT2D eigenvalue weighted by Gasteiger charge is -2.21. The first kappa shape index (κ1) is 20.7. The van der Waals surface area contributed by atoms with E-state index in [4.69, 9.17) is 4.74 Å². The molecule has 0 atom stereocenters. The molecule has 4 nitrogen and oxygen atoms in total. The lowest BCUT2D eigenvalue weighted by molar-refractivity contribution is -0.124. The Morgan fingerprint density at radius 2 is 1.55 bits per heavy atom. The highest BCUT2D eigenvalue weighted by atomic mass is 35.5. The quantitative estimate of drug-likeness (QED) is 0.872. The van der Waals surface area contributed by atoms with Gasteiger partial charge >= 0.3 is 0 Å². The molecule has 0 aliphatic heterocycles. The first-order valence-electron chi connectivity index (χ1n) is 7.33. The Labute approximate surface area is 140 Å². The van der Waals surface area contributed by atoms with Gasteiger partial charge in [-0.1, -0.05) is 12.1 Å². The van der Waals surface area contributed by atoms with Crippen LogP contribution in [0.3, 0.4) is 0 Å². The van der Waals surface area contributed by atoms with Crippen molar-refractivity contribution in [2.45, 2.75) is 59.2 Å². The normalized spacial score (nSPS) is 11.5. The molecule has 1 amide bonds. The number of hydrogen-bond acceptors (Lipinski definition) is 3. The van der Waals surface area contributed by atoms with Crippen LogP contribution in [0.25, 0.3) is 0 Å². The van der Waals surface area contributed by atoms with E-state index in [1.54, 1.807) is 0 Å². The molecule has 0 aliphatic rings. The number of amides is 1. The Morgan fingerprint density at radius 1 is 1.00 bits per heavy atom. The molecule has 0 radical (unpaired) electrons. The zero-order valence-corrected chi connectivity index (χ0v) is 15.3.